The smallest absolute Gasteiger partial charge is 0.312 e. The lowest BCUT2D eigenvalue weighted by atomic mass is 10.1. The van der Waals surface area contributed by atoms with Crippen LogP contribution < -0.4 is 10.6 Å². The third kappa shape index (κ3) is 4.57. The van der Waals surface area contributed by atoms with Gasteiger partial charge in [-0.1, -0.05) is 23.9 Å². The van der Waals surface area contributed by atoms with E-state index in [9.17, 15) is 4.79 Å². The van der Waals surface area contributed by atoms with Crippen LogP contribution in [-0.4, -0.2) is 31.0 Å². The molecule has 0 bridgehead atoms. The topological polar surface area (TPSA) is 97.6 Å². The zero-order valence-electron chi connectivity index (χ0n) is 14.7. The van der Waals surface area contributed by atoms with E-state index in [1.165, 1.54) is 0 Å². The van der Waals surface area contributed by atoms with E-state index in [1.54, 1.807) is 30.4 Å². The van der Waals surface area contributed by atoms with Crippen molar-refractivity contribution in [2.45, 2.75) is 24.3 Å². The van der Waals surface area contributed by atoms with Gasteiger partial charge in [-0.15, -0.1) is 15.3 Å². The highest BCUT2D eigenvalue weighted by molar-refractivity contribution is 7.99. The molecule has 9 heteroatoms. The van der Waals surface area contributed by atoms with Gasteiger partial charge in [0.25, 0.3) is 0 Å². The number of anilines is 2. The zero-order chi connectivity index (χ0) is 18.5. The van der Waals surface area contributed by atoms with Crippen LogP contribution in [0.15, 0.2) is 48.0 Å². The summed E-state index contributed by atoms with van der Waals surface area (Å²) in [7, 11) is 1.91. The van der Waals surface area contributed by atoms with Crippen molar-refractivity contribution in [3.05, 3.63) is 54.0 Å². The fourth-order valence-corrected chi connectivity index (χ4v) is 3.19. The van der Waals surface area contributed by atoms with Gasteiger partial charge in [-0.05, 0) is 43.2 Å². The fourth-order valence-electron chi connectivity index (χ4n) is 2.28. The predicted molar refractivity (Wildman–Crippen MR) is 101 cm³/mol. The van der Waals surface area contributed by atoms with Crippen LogP contribution in [-0.2, 0) is 7.05 Å². The van der Waals surface area contributed by atoms with Crippen LogP contribution in [0.1, 0.15) is 23.3 Å². The van der Waals surface area contributed by atoms with E-state index < -0.39 is 0 Å². The minimum Gasteiger partial charge on any atom is -0.312 e. The molecule has 0 aliphatic carbocycles. The van der Waals surface area contributed by atoms with Crippen molar-refractivity contribution in [2.24, 2.45) is 7.05 Å². The van der Waals surface area contributed by atoms with Crippen LogP contribution >= 0.6 is 11.8 Å². The summed E-state index contributed by atoms with van der Waals surface area (Å²) < 4.78 is 1.87. The van der Waals surface area contributed by atoms with E-state index >= 15 is 0 Å². The van der Waals surface area contributed by atoms with Crippen molar-refractivity contribution >= 4 is 29.3 Å². The van der Waals surface area contributed by atoms with Crippen LogP contribution in [0.3, 0.4) is 0 Å². The standard InChI is InChI=1S/C17H19N7OS/c1-11-7-15(22-18-9-11)21-16(25)20-14-6-4-5-13(8-14)12(2)26-17-23-19-10-24(17)3/h4-10,12H,1-3H3,(H2,20,21,22,25)/t12-/m0/s1. The van der Waals surface area contributed by atoms with E-state index in [4.69, 9.17) is 0 Å². The van der Waals surface area contributed by atoms with E-state index in [-0.39, 0.29) is 11.3 Å². The lowest BCUT2D eigenvalue weighted by Gasteiger charge is -2.13. The number of thioether (sulfide) groups is 1. The van der Waals surface area contributed by atoms with Gasteiger partial charge in [0, 0.05) is 18.0 Å². The number of hydrogen-bond acceptors (Lipinski definition) is 6. The molecule has 2 heterocycles. The van der Waals surface area contributed by atoms with Gasteiger partial charge in [0.1, 0.15) is 6.33 Å². The molecule has 2 aromatic heterocycles. The molecule has 8 nitrogen and oxygen atoms in total. The Balaban J connectivity index is 1.65. The van der Waals surface area contributed by atoms with Gasteiger partial charge in [0.15, 0.2) is 11.0 Å². The van der Waals surface area contributed by atoms with Crippen molar-refractivity contribution in [2.75, 3.05) is 10.6 Å². The molecule has 3 rings (SSSR count). The first kappa shape index (κ1) is 17.9. The fraction of sp³-hybridized carbons (Fsp3) is 0.235. The van der Waals surface area contributed by atoms with Gasteiger partial charge in [-0.25, -0.2) is 4.79 Å². The summed E-state index contributed by atoms with van der Waals surface area (Å²) >= 11 is 1.60. The molecule has 0 unspecified atom stereocenters. The largest absolute Gasteiger partial charge is 0.324 e. The summed E-state index contributed by atoms with van der Waals surface area (Å²) in [6.45, 7) is 3.97. The number of rotatable bonds is 5. The van der Waals surface area contributed by atoms with E-state index in [1.807, 2.05) is 42.8 Å². The molecule has 1 atom stereocenters. The summed E-state index contributed by atoms with van der Waals surface area (Å²) in [5, 5.41) is 22.2. The number of amides is 2. The van der Waals surface area contributed by atoms with Crippen LogP contribution in [0.5, 0.6) is 0 Å². The molecule has 3 aromatic rings. The van der Waals surface area contributed by atoms with Gasteiger partial charge in [-0.3, -0.25) is 5.32 Å². The second-order valence-corrected chi connectivity index (χ2v) is 7.12. The molecular weight excluding hydrogens is 350 g/mol. The molecule has 0 saturated heterocycles. The molecule has 0 spiro atoms. The lowest BCUT2D eigenvalue weighted by molar-refractivity contribution is 0.262. The minimum absolute atomic E-state index is 0.158. The molecule has 26 heavy (non-hydrogen) atoms. The van der Waals surface area contributed by atoms with Crippen LogP contribution in [0.2, 0.25) is 0 Å². The molecule has 0 saturated carbocycles. The Morgan fingerprint density at radius 1 is 1.19 bits per heavy atom. The Morgan fingerprint density at radius 2 is 2.04 bits per heavy atom. The van der Waals surface area contributed by atoms with Gasteiger partial charge in [0.05, 0.1) is 6.20 Å². The van der Waals surface area contributed by atoms with Crippen LogP contribution in [0.4, 0.5) is 16.3 Å². The first-order valence-electron chi connectivity index (χ1n) is 7.99. The van der Waals surface area contributed by atoms with Gasteiger partial charge in [0.2, 0.25) is 0 Å². The first-order chi connectivity index (χ1) is 12.5. The van der Waals surface area contributed by atoms with E-state index in [2.05, 4.69) is 38.0 Å². The highest BCUT2D eigenvalue weighted by Gasteiger charge is 2.12. The highest BCUT2D eigenvalue weighted by atomic mass is 32.2. The molecule has 2 amide bonds. The van der Waals surface area contributed by atoms with Gasteiger partial charge >= 0.3 is 6.03 Å². The maximum atomic E-state index is 12.2. The van der Waals surface area contributed by atoms with Crippen LogP contribution in [0, 0.1) is 6.92 Å². The molecule has 1 aromatic carbocycles. The summed E-state index contributed by atoms with van der Waals surface area (Å²) in [5.74, 6) is 0.407. The number of urea groups is 1. The summed E-state index contributed by atoms with van der Waals surface area (Å²) in [4.78, 5) is 12.2. The van der Waals surface area contributed by atoms with Gasteiger partial charge < -0.3 is 9.88 Å². The molecule has 0 aliphatic rings. The third-order valence-corrected chi connectivity index (χ3v) is 4.80. The zero-order valence-corrected chi connectivity index (χ0v) is 15.5. The third-order valence-electron chi connectivity index (χ3n) is 3.60. The Kier molecular flexibility index (Phi) is 5.47. The number of aryl methyl sites for hydroxylation is 2. The highest BCUT2D eigenvalue weighted by Crippen LogP contribution is 2.34. The monoisotopic (exact) mass is 369 g/mol. The Hall–Kier alpha value is -2.94. The van der Waals surface area contributed by atoms with Crippen molar-refractivity contribution < 1.29 is 4.79 Å². The first-order valence-corrected chi connectivity index (χ1v) is 8.87. The number of carbonyl (C=O) groups is 1. The number of nitrogens with one attached hydrogen (secondary N) is 2. The predicted octanol–water partition coefficient (Wildman–Crippen LogP) is 3.41. The number of carbonyl (C=O) groups excluding carboxylic acids is 1. The van der Waals surface area contributed by atoms with Crippen molar-refractivity contribution in [1.29, 1.82) is 0 Å². The molecule has 134 valence electrons. The average Bonchev–Trinajstić information content (AvgIpc) is 3.00. The average molecular weight is 369 g/mol. The minimum atomic E-state index is -0.365. The SMILES string of the molecule is Cc1cnnc(NC(=O)Nc2cccc([C@H](C)Sc3nncn3C)c2)c1. The Labute approximate surface area is 155 Å². The molecule has 0 radical (unpaired) electrons. The quantitative estimate of drug-likeness (QED) is 0.669. The maximum absolute atomic E-state index is 12.2. The van der Waals surface area contributed by atoms with E-state index in [0.717, 1.165) is 16.3 Å². The molecule has 0 aliphatic heterocycles. The van der Waals surface area contributed by atoms with Crippen molar-refractivity contribution in [1.82, 2.24) is 25.0 Å². The van der Waals surface area contributed by atoms with Crippen molar-refractivity contribution in [3.63, 3.8) is 0 Å². The molecule has 0 fully saturated rings. The number of benzene rings is 1. The Morgan fingerprint density at radius 3 is 2.77 bits per heavy atom. The molecule has 2 N–H and O–H groups in total. The number of aromatic nitrogens is 5. The van der Waals surface area contributed by atoms with Crippen LogP contribution in [0.25, 0.3) is 0 Å². The van der Waals surface area contributed by atoms with E-state index in [0.29, 0.717) is 11.5 Å². The normalized spacial score (nSPS) is 11.8. The second kappa shape index (κ2) is 7.96. The maximum Gasteiger partial charge on any atom is 0.324 e. The van der Waals surface area contributed by atoms with Gasteiger partial charge in [-0.2, -0.15) is 5.10 Å². The Bertz CT molecular complexity index is 911. The molecular formula is C17H19N7OS. The number of hydrogen-bond donors (Lipinski definition) is 2. The lowest BCUT2D eigenvalue weighted by Crippen LogP contribution is -2.20. The summed E-state index contributed by atoms with van der Waals surface area (Å²) in [5.41, 5.74) is 2.70. The number of nitrogens with zero attached hydrogens (tertiary/aromatic N) is 5. The summed E-state index contributed by atoms with van der Waals surface area (Å²) in [6, 6.07) is 9.09. The summed E-state index contributed by atoms with van der Waals surface area (Å²) in [6.07, 6.45) is 3.30. The second-order valence-electron chi connectivity index (χ2n) is 5.81. The van der Waals surface area contributed by atoms with Crippen molar-refractivity contribution in [3.8, 4) is 0 Å².